The number of nitrogens with zero attached hydrogens (tertiary/aromatic N) is 3. The molecule has 176 valence electrons. The van der Waals surface area contributed by atoms with Crippen molar-refractivity contribution < 1.29 is 19.1 Å². The third-order valence-electron chi connectivity index (χ3n) is 5.67. The van der Waals surface area contributed by atoms with Gasteiger partial charge in [-0.2, -0.15) is 0 Å². The van der Waals surface area contributed by atoms with Gasteiger partial charge in [-0.25, -0.2) is 0 Å². The van der Waals surface area contributed by atoms with Crippen molar-refractivity contribution in [3.8, 4) is 5.75 Å². The molecule has 7 heteroatoms. The average molecular weight is 444 g/mol. The molecule has 2 amide bonds. The Hall–Kier alpha value is -2.38. The van der Waals surface area contributed by atoms with Crippen LogP contribution in [0.15, 0.2) is 30.0 Å². The van der Waals surface area contributed by atoms with Crippen LogP contribution in [0.2, 0.25) is 0 Å². The van der Waals surface area contributed by atoms with Crippen LogP contribution < -0.4 is 4.74 Å². The van der Waals surface area contributed by atoms with Gasteiger partial charge in [-0.05, 0) is 50.9 Å². The number of hydrogen-bond donors (Lipinski definition) is 0. The number of rotatable bonds is 10. The lowest BCUT2D eigenvalue weighted by Gasteiger charge is -2.34. The van der Waals surface area contributed by atoms with Gasteiger partial charge in [0.15, 0.2) is 0 Å². The molecule has 1 aromatic carbocycles. The number of hydrogen-bond acceptors (Lipinski definition) is 6. The maximum absolute atomic E-state index is 13.4. The molecule has 0 unspecified atom stereocenters. The molecule has 0 aliphatic carbocycles. The van der Waals surface area contributed by atoms with Crippen LogP contribution in [0.3, 0.4) is 0 Å². The molecule has 2 aliphatic rings. The van der Waals surface area contributed by atoms with Gasteiger partial charge in [0.05, 0.1) is 18.3 Å². The standard InChI is InChI=1S/C25H37N3O4/c1-18(2)17-32-21-9-7-20(8-10-21)22-23(27-14-12-26(5)13-15-27)25(30)28(24(22)29)11-6-16-31-19(3)4/h7-10,18-19H,6,11-17H2,1-5H3. The Bertz CT molecular complexity index is 824. The smallest absolute Gasteiger partial charge is 0.277 e. The molecule has 2 aliphatic heterocycles. The lowest BCUT2D eigenvalue weighted by atomic mass is 10.0. The topological polar surface area (TPSA) is 62.3 Å². The van der Waals surface area contributed by atoms with Gasteiger partial charge in [-0.3, -0.25) is 14.5 Å². The van der Waals surface area contributed by atoms with Crippen molar-refractivity contribution in [1.82, 2.24) is 14.7 Å². The van der Waals surface area contributed by atoms with E-state index in [1.165, 1.54) is 4.90 Å². The van der Waals surface area contributed by atoms with E-state index >= 15 is 0 Å². The van der Waals surface area contributed by atoms with Crippen LogP contribution in [0, 0.1) is 5.92 Å². The predicted octanol–water partition coefficient (Wildman–Crippen LogP) is 2.86. The van der Waals surface area contributed by atoms with Gasteiger partial charge in [-0.15, -0.1) is 0 Å². The molecule has 32 heavy (non-hydrogen) atoms. The van der Waals surface area contributed by atoms with Gasteiger partial charge in [0.2, 0.25) is 0 Å². The fraction of sp³-hybridized carbons (Fsp3) is 0.600. The summed E-state index contributed by atoms with van der Waals surface area (Å²) in [6, 6.07) is 7.53. The highest BCUT2D eigenvalue weighted by atomic mass is 16.5. The molecule has 2 heterocycles. The summed E-state index contributed by atoms with van der Waals surface area (Å²) in [5, 5.41) is 0. The maximum atomic E-state index is 13.4. The first-order valence-corrected chi connectivity index (χ1v) is 11.7. The summed E-state index contributed by atoms with van der Waals surface area (Å²) in [5.74, 6) is 0.788. The Kier molecular flexibility index (Phi) is 8.32. The Morgan fingerprint density at radius 3 is 2.19 bits per heavy atom. The highest BCUT2D eigenvalue weighted by Crippen LogP contribution is 2.33. The monoisotopic (exact) mass is 443 g/mol. The molecule has 1 aromatic rings. The van der Waals surface area contributed by atoms with Crippen LogP contribution in [0.25, 0.3) is 5.57 Å². The number of likely N-dealkylation sites (N-methyl/N-ethyl adjacent to an activating group) is 1. The molecular weight excluding hydrogens is 406 g/mol. The predicted molar refractivity (Wildman–Crippen MR) is 125 cm³/mol. The zero-order valence-corrected chi connectivity index (χ0v) is 20.1. The number of ether oxygens (including phenoxy) is 2. The Morgan fingerprint density at radius 1 is 0.938 bits per heavy atom. The second-order valence-corrected chi connectivity index (χ2v) is 9.28. The molecule has 3 rings (SSSR count). The van der Waals surface area contributed by atoms with Crippen molar-refractivity contribution in [3.05, 3.63) is 35.5 Å². The fourth-order valence-electron chi connectivity index (χ4n) is 3.87. The van der Waals surface area contributed by atoms with Gasteiger partial charge in [0.25, 0.3) is 11.8 Å². The number of carbonyl (C=O) groups is 2. The van der Waals surface area contributed by atoms with Crippen molar-refractivity contribution in [1.29, 1.82) is 0 Å². The largest absolute Gasteiger partial charge is 0.493 e. The normalized spacial score (nSPS) is 18.0. The second kappa shape index (κ2) is 11.0. The third kappa shape index (κ3) is 5.90. The van der Waals surface area contributed by atoms with Crippen LogP contribution in [-0.2, 0) is 14.3 Å². The van der Waals surface area contributed by atoms with Crippen LogP contribution >= 0.6 is 0 Å². The maximum Gasteiger partial charge on any atom is 0.277 e. The van der Waals surface area contributed by atoms with E-state index in [0.717, 1.165) is 37.5 Å². The average Bonchev–Trinajstić information content (AvgIpc) is 3.00. The molecule has 0 N–H and O–H groups in total. The molecule has 0 aromatic heterocycles. The summed E-state index contributed by atoms with van der Waals surface area (Å²) >= 11 is 0. The Labute approximate surface area is 191 Å². The lowest BCUT2D eigenvalue weighted by molar-refractivity contribution is -0.137. The van der Waals surface area contributed by atoms with E-state index in [1.807, 2.05) is 38.1 Å². The summed E-state index contributed by atoms with van der Waals surface area (Å²) in [6.45, 7) is 12.9. The van der Waals surface area contributed by atoms with Gasteiger partial charge in [-0.1, -0.05) is 26.0 Å². The van der Waals surface area contributed by atoms with E-state index in [0.29, 0.717) is 43.4 Å². The number of carbonyl (C=O) groups excluding carboxylic acids is 2. The van der Waals surface area contributed by atoms with E-state index in [-0.39, 0.29) is 17.9 Å². The number of piperazine rings is 1. The fourth-order valence-corrected chi connectivity index (χ4v) is 3.87. The summed E-state index contributed by atoms with van der Waals surface area (Å²) in [7, 11) is 2.07. The molecule has 0 atom stereocenters. The van der Waals surface area contributed by atoms with E-state index in [9.17, 15) is 9.59 Å². The minimum Gasteiger partial charge on any atom is -0.493 e. The first kappa shape index (κ1) is 24.3. The first-order chi connectivity index (χ1) is 15.3. The minimum atomic E-state index is -0.218. The quantitative estimate of drug-likeness (QED) is 0.409. The van der Waals surface area contributed by atoms with Crippen molar-refractivity contribution in [3.63, 3.8) is 0 Å². The van der Waals surface area contributed by atoms with Crippen molar-refractivity contribution in [2.75, 3.05) is 53.0 Å². The van der Waals surface area contributed by atoms with Gasteiger partial charge in [0, 0.05) is 39.3 Å². The van der Waals surface area contributed by atoms with Gasteiger partial charge in [0.1, 0.15) is 11.4 Å². The van der Waals surface area contributed by atoms with Gasteiger partial charge >= 0.3 is 0 Å². The highest BCUT2D eigenvalue weighted by Gasteiger charge is 2.41. The van der Waals surface area contributed by atoms with Crippen LogP contribution in [0.5, 0.6) is 5.75 Å². The summed E-state index contributed by atoms with van der Waals surface area (Å²) in [6.07, 6.45) is 0.756. The van der Waals surface area contributed by atoms with E-state index < -0.39 is 0 Å². The summed E-state index contributed by atoms with van der Waals surface area (Å²) in [5.41, 5.74) is 1.79. The molecule has 1 saturated heterocycles. The molecule has 7 nitrogen and oxygen atoms in total. The summed E-state index contributed by atoms with van der Waals surface area (Å²) < 4.78 is 11.4. The Morgan fingerprint density at radius 2 is 1.59 bits per heavy atom. The number of imide groups is 1. The SMILES string of the molecule is CC(C)COc1ccc(C2=C(N3CCN(C)CC3)C(=O)N(CCCOC(C)C)C2=O)cc1. The van der Waals surface area contributed by atoms with Crippen molar-refractivity contribution in [2.45, 2.75) is 40.2 Å². The van der Waals surface area contributed by atoms with Crippen molar-refractivity contribution in [2.24, 2.45) is 5.92 Å². The highest BCUT2D eigenvalue weighted by molar-refractivity contribution is 6.35. The van der Waals surface area contributed by atoms with E-state index in [1.54, 1.807) is 0 Å². The van der Waals surface area contributed by atoms with Crippen LogP contribution in [-0.4, -0.2) is 85.6 Å². The van der Waals surface area contributed by atoms with Crippen molar-refractivity contribution >= 4 is 17.4 Å². The van der Waals surface area contributed by atoms with Crippen LogP contribution in [0.4, 0.5) is 0 Å². The second-order valence-electron chi connectivity index (χ2n) is 9.28. The molecular formula is C25H37N3O4. The zero-order chi connectivity index (χ0) is 23.3. The first-order valence-electron chi connectivity index (χ1n) is 11.7. The molecule has 0 saturated carbocycles. The van der Waals surface area contributed by atoms with Gasteiger partial charge < -0.3 is 19.3 Å². The molecule has 0 spiro atoms. The zero-order valence-electron chi connectivity index (χ0n) is 20.1. The number of amides is 2. The molecule has 0 radical (unpaired) electrons. The van der Waals surface area contributed by atoms with Crippen LogP contribution in [0.1, 0.15) is 39.7 Å². The minimum absolute atomic E-state index is 0.131. The molecule has 1 fully saturated rings. The summed E-state index contributed by atoms with van der Waals surface area (Å²) in [4.78, 5) is 32.5. The molecule has 0 bridgehead atoms. The van der Waals surface area contributed by atoms with E-state index in [2.05, 4.69) is 30.7 Å². The number of benzene rings is 1. The third-order valence-corrected chi connectivity index (χ3v) is 5.67. The van der Waals surface area contributed by atoms with E-state index in [4.69, 9.17) is 9.47 Å². The Balaban J connectivity index is 1.83. The lowest BCUT2D eigenvalue weighted by Crippen LogP contribution is -2.46.